The molecule has 0 bridgehead atoms. The molecule has 1 heteroatoms. The molecule has 1 aliphatic heterocycles. The molecule has 1 nitrogen and oxygen atoms in total. The van der Waals surface area contributed by atoms with Crippen molar-refractivity contribution in [2.24, 2.45) is 5.41 Å². The zero-order valence-electron chi connectivity index (χ0n) is 7.24. The molecular formula is C9H19N. The molecule has 10 heavy (non-hydrogen) atoms. The molecule has 0 unspecified atom stereocenters. The van der Waals surface area contributed by atoms with Gasteiger partial charge in [-0.3, -0.25) is 0 Å². The average molecular weight is 141 g/mol. The lowest BCUT2D eigenvalue weighted by Gasteiger charge is -2.26. The summed E-state index contributed by atoms with van der Waals surface area (Å²) in [6.07, 6.45) is 5.49. The third-order valence-corrected chi connectivity index (χ3v) is 2.41. The molecule has 0 amide bonds. The van der Waals surface area contributed by atoms with Crippen LogP contribution in [0.3, 0.4) is 0 Å². The monoisotopic (exact) mass is 141 g/mol. The second-order valence-corrected chi connectivity index (χ2v) is 4.12. The highest BCUT2D eigenvalue weighted by Crippen LogP contribution is 2.28. The van der Waals surface area contributed by atoms with Crippen LogP contribution in [0.25, 0.3) is 0 Å². The van der Waals surface area contributed by atoms with Gasteiger partial charge in [0.15, 0.2) is 0 Å². The molecule has 1 heterocycles. The predicted molar refractivity (Wildman–Crippen MR) is 45.1 cm³/mol. The Kier molecular flexibility index (Phi) is 2.72. The Bertz CT molecular complexity index is 86.9. The summed E-state index contributed by atoms with van der Waals surface area (Å²) in [5.74, 6) is 0. The molecule has 0 atom stereocenters. The van der Waals surface area contributed by atoms with Crippen LogP contribution in [0.5, 0.6) is 0 Å². The van der Waals surface area contributed by atoms with Gasteiger partial charge in [-0.05, 0) is 44.2 Å². The van der Waals surface area contributed by atoms with Crippen molar-refractivity contribution in [1.82, 2.24) is 5.32 Å². The van der Waals surface area contributed by atoms with Gasteiger partial charge < -0.3 is 5.32 Å². The minimum atomic E-state index is 0.613. The Morgan fingerprint density at radius 2 is 1.50 bits per heavy atom. The first-order chi connectivity index (χ1) is 4.71. The maximum atomic E-state index is 3.42. The number of hydrogen-bond donors (Lipinski definition) is 1. The van der Waals surface area contributed by atoms with Crippen LogP contribution in [0.2, 0.25) is 0 Å². The molecule has 1 saturated heterocycles. The highest BCUT2D eigenvalue weighted by atomic mass is 14.8. The van der Waals surface area contributed by atoms with E-state index in [1.165, 1.54) is 38.8 Å². The minimum absolute atomic E-state index is 0.613. The van der Waals surface area contributed by atoms with E-state index in [9.17, 15) is 0 Å². The highest BCUT2D eigenvalue weighted by Gasteiger charge is 2.17. The molecule has 1 N–H and O–H groups in total. The van der Waals surface area contributed by atoms with Crippen molar-refractivity contribution in [1.29, 1.82) is 0 Å². The van der Waals surface area contributed by atoms with Gasteiger partial charge in [-0.2, -0.15) is 0 Å². The molecule has 1 fully saturated rings. The summed E-state index contributed by atoms with van der Waals surface area (Å²) < 4.78 is 0. The Labute approximate surface area is 64.2 Å². The molecule has 0 aromatic carbocycles. The second-order valence-electron chi connectivity index (χ2n) is 4.12. The molecule has 60 valence electrons. The van der Waals surface area contributed by atoms with Gasteiger partial charge in [0.05, 0.1) is 0 Å². The van der Waals surface area contributed by atoms with Crippen LogP contribution in [-0.2, 0) is 0 Å². The molecule has 0 radical (unpaired) electrons. The van der Waals surface area contributed by atoms with Crippen LogP contribution in [0, 0.1) is 5.41 Å². The Morgan fingerprint density at radius 1 is 1.00 bits per heavy atom. The lowest BCUT2D eigenvalue weighted by atomic mass is 9.82. The molecule has 0 aromatic heterocycles. The van der Waals surface area contributed by atoms with Crippen molar-refractivity contribution < 1.29 is 0 Å². The Balaban J connectivity index is 2.30. The molecule has 1 aliphatic rings. The van der Waals surface area contributed by atoms with Crippen molar-refractivity contribution >= 4 is 0 Å². The number of hydrogen-bond acceptors (Lipinski definition) is 1. The maximum Gasteiger partial charge on any atom is -0.00487 e. The van der Waals surface area contributed by atoms with E-state index in [4.69, 9.17) is 0 Å². The van der Waals surface area contributed by atoms with Crippen LogP contribution < -0.4 is 5.32 Å². The standard InChI is InChI=1S/C9H19N/c1-9(2)5-3-7-10-8-4-6-9/h10H,3-8H2,1-2H3. The van der Waals surface area contributed by atoms with Gasteiger partial charge >= 0.3 is 0 Å². The first-order valence-corrected chi connectivity index (χ1v) is 4.41. The summed E-state index contributed by atoms with van der Waals surface area (Å²) in [4.78, 5) is 0. The summed E-state index contributed by atoms with van der Waals surface area (Å²) in [6.45, 7) is 7.23. The van der Waals surface area contributed by atoms with Gasteiger partial charge in [-0.25, -0.2) is 0 Å². The SMILES string of the molecule is CC1(C)CCCNCCC1. The third-order valence-electron chi connectivity index (χ3n) is 2.41. The molecule has 0 aromatic rings. The predicted octanol–water partition coefficient (Wildman–Crippen LogP) is 2.18. The summed E-state index contributed by atoms with van der Waals surface area (Å²) >= 11 is 0. The maximum absolute atomic E-state index is 3.42. The van der Waals surface area contributed by atoms with E-state index in [0.29, 0.717) is 5.41 Å². The number of rotatable bonds is 0. The molecule has 0 saturated carbocycles. The quantitative estimate of drug-likeness (QED) is 0.545. The summed E-state index contributed by atoms with van der Waals surface area (Å²) in [6, 6.07) is 0. The Morgan fingerprint density at radius 3 is 2.00 bits per heavy atom. The lowest BCUT2D eigenvalue weighted by molar-refractivity contribution is 0.272. The van der Waals surface area contributed by atoms with Gasteiger partial charge in [0.2, 0.25) is 0 Å². The second kappa shape index (κ2) is 3.38. The van der Waals surface area contributed by atoms with Gasteiger partial charge in [-0.15, -0.1) is 0 Å². The third kappa shape index (κ3) is 2.70. The van der Waals surface area contributed by atoms with Crippen LogP contribution in [0.15, 0.2) is 0 Å². The van der Waals surface area contributed by atoms with Gasteiger partial charge in [0.25, 0.3) is 0 Å². The first-order valence-electron chi connectivity index (χ1n) is 4.41. The van der Waals surface area contributed by atoms with E-state index in [0.717, 1.165) is 0 Å². The van der Waals surface area contributed by atoms with E-state index < -0.39 is 0 Å². The van der Waals surface area contributed by atoms with Crippen LogP contribution in [-0.4, -0.2) is 13.1 Å². The normalized spacial score (nSPS) is 27.0. The van der Waals surface area contributed by atoms with Crippen LogP contribution in [0.4, 0.5) is 0 Å². The largest absolute Gasteiger partial charge is 0.317 e. The molecule has 1 rings (SSSR count). The Hall–Kier alpha value is -0.0400. The summed E-state index contributed by atoms with van der Waals surface area (Å²) in [5, 5.41) is 3.42. The zero-order chi connectivity index (χ0) is 7.45. The molecule has 0 aliphatic carbocycles. The van der Waals surface area contributed by atoms with E-state index in [-0.39, 0.29) is 0 Å². The van der Waals surface area contributed by atoms with Crippen LogP contribution in [0.1, 0.15) is 39.5 Å². The fourth-order valence-corrected chi connectivity index (χ4v) is 1.63. The van der Waals surface area contributed by atoms with E-state index in [2.05, 4.69) is 19.2 Å². The van der Waals surface area contributed by atoms with Gasteiger partial charge in [-0.1, -0.05) is 13.8 Å². The fourth-order valence-electron chi connectivity index (χ4n) is 1.63. The average Bonchev–Trinajstić information content (AvgIpc) is 1.81. The first kappa shape index (κ1) is 8.06. The van der Waals surface area contributed by atoms with Gasteiger partial charge in [0.1, 0.15) is 0 Å². The highest BCUT2D eigenvalue weighted by molar-refractivity contribution is 4.71. The number of nitrogens with one attached hydrogen (secondary N) is 1. The smallest absolute Gasteiger partial charge is 0.00487 e. The summed E-state index contributed by atoms with van der Waals surface area (Å²) in [7, 11) is 0. The van der Waals surface area contributed by atoms with Crippen molar-refractivity contribution in [3.05, 3.63) is 0 Å². The minimum Gasteiger partial charge on any atom is -0.317 e. The van der Waals surface area contributed by atoms with Crippen molar-refractivity contribution in [2.45, 2.75) is 39.5 Å². The van der Waals surface area contributed by atoms with Crippen molar-refractivity contribution in [2.75, 3.05) is 13.1 Å². The zero-order valence-corrected chi connectivity index (χ0v) is 7.24. The van der Waals surface area contributed by atoms with Crippen molar-refractivity contribution in [3.8, 4) is 0 Å². The molecular weight excluding hydrogens is 122 g/mol. The molecule has 0 spiro atoms. The summed E-state index contributed by atoms with van der Waals surface area (Å²) in [5.41, 5.74) is 0.613. The lowest BCUT2D eigenvalue weighted by Crippen LogP contribution is -2.24. The fraction of sp³-hybridized carbons (Fsp3) is 1.00. The van der Waals surface area contributed by atoms with Crippen molar-refractivity contribution in [3.63, 3.8) is 0 Å². The van der Waals surface area contributed by atoms with Crippen LogP contribution >= 0.6 is 0 Å². The van der Waals surface area contributed by atoms with E-state index >= 15 is 0 Å². The van der Waals surface area contributed by atoms with E-state index in [1.807, 2.05) is 0 Å². The topological polar surface area (TPSA) is 12.0 Å². The van der Waals surface area contributed by atoms with E-state index in [1.54, 1.807) is 0 Å². The van der Waals surface area contributed by atoms with Gasteiger partial charge in [0, 0.05) is 0 Å².